The van der Waals surface area contributed by atoms with E-state index in [1.165, 1.54) is 0 Å². The first-order chi connectivity index (χ1) is 8.83. The Hall–Kier alpha value is -1.80. The molecule has 96 valence electrons. The highest BCUT2D eigenvalue weighted by Crippen LogP contribution is 2.14. The minimum atomic E-state index is 0.602. The molecule has 1 aliphatic heterocycles. The summed E-state index contributed by atoms with van der Waals surface area (Å²) in [6.07, 6.45) is 8.15. The van der Waals surface area contributed by atoms with E-state index in [-0.39, 0.29) is 0 Å². The SMILES string of the molecule is C#CCN1CCCN(c2nccc(OC)n2)CC1. The Morgan fingerprint density at radius 2 is 2.28 bits per heavy atom. The number of anilines is 1. The second kappa shape index (κ2) is 6.22. The zero-order chi connectivity index (χ0) is 12.8. The van der Waals surface area contributed by atoms with Gasteiger partial charge in [-0.25, -0.2) is 4.98 Å². The molecule has 1 aromatic rings. The summed E-state index contributed by atoms with van der Waals surface area (Å²) < 4.78 is 5.12. The minimum absolute atomic E-state index is 0.602. The number of terminal acetylenes is 1. The van der Waals surface area contributed by atoms with Crippen molar-refractivity contribution in [3.05, 3.63) is 12.3 Å². The van der Waals surface area contributed by atoms with Gasteiger partial charge in [-0.05, 0) is 6.42 Å². The Labute approximate surface area is 108 Å². The molecule has 0 aliphatic carbocycles. The van der Waals surface area contributed by atoms with Crippen molar-refractivity contribution in [1.29, 1.82) is 0 Å². The molecule has 0 bridgehead atoms. The average Bonchev–Trinajstić information content (AvgIpc) is 2.65. The molecule has 18 heavy (non-hydrogen) atoms. The van der Waals surface area contributed by atoms with E-state index in [1.807, 2.05) is 0 Å². The lowest BCUT2D eigenvalue weighted by atomic mass is 10.4. The van der Waals surface area contributed by atoms with Crippen molar-refractivity contribution in [2.75, 3.05) is 44.7 Å². The summed E-state index contributed by atoms with van der Waals surface area (Å²) >= 11 is 0. The molecule has 5 heteroatoms. The number of rotatable bonds is 3. The summed E-state index contributed by atoms with van der Waals surface area (Å²) in [5.41, 5.74) is 0. The molecule has 0 aromatic carbocycles. The molecule has 1 aromatic heterocycles. The molecular weight excluding hydrogens is 228 g/mol. The van der Waals surface area contributed by atoms with E-state index in [0.717, 1.165) is 38.5 Å². The van der Waals surface area contributed by atoms with E-state index in [2.05, 4.69) is 25.7 Å². The Kier molecular flexibility index (Phi) is 4.37. The van der Waals surface area contributed by atoms with E-state index < -0.39 is 0 Å². The molecule has 0 unspecified atom stereocenters. The summed E-state index contributed by atoms with van der Waals surface area (Å²) in [7, 11) is 1.61. The van der Waals surface area contributed by atoms with Gasteiger partial charge in [0.1, 0.15) is 0 Å². The Morgan fingerprint density at radius 1 is 1.39 bits per heavy atom. The maximum Gasteiger partial charge on any atom is 0.228 e. The Balaban J connectivity index is 2.03. The van der Waals surface area contributed by atoms with Gasteiger partial charge in [-0.15, -0.1) is 6.42 Å². The highest BCUT2D eigenvalue weighted by atomic mass is 16.5. The van der Waals surface area contributed by atoms with Crippen LogP contribution < -0.4 is 9.64 Å². The Bertz CT molecular complexity index is 429. The van der Waals surface area contributed by atoms with Gasteiger partial charge in [0.05, 0.1) is 13.7 Å². The standard InChI is InChI=1S/C13H18N4O/c1-3-7-16-8-4-9-17(11-10-16)13-14-6-5-12(15-13)18-2/h1,5-6H,4,7-11H2,2H3. The third-order valence-electron chi connectivity index (χ3n) is 3.01. The summed E-state index contributed by atoms with van der Waals surface area (Å²) in [5, 5.41) is 0. The molecule has 0 atom stereocenters. The van der Waals surface area contributed by atoms with Crippen LogP contribution in [0.4, 0.5) is 5.95 Å². The fourth-order valence-electron chi connectivity index (χ4n) is 2.06. The zero-order valence-electron chi connectivity index (χ0n) is 10.7. The smallest absolute Gasteiger partial charge is 0.228 e. The molecule has 5 nitrogen and oxygen atoms in total. The highest BCUT2D eigenvalue weighted by Gasteiger charge is 2.16. The molecule has 0 amide bonds. The summed E-state index contributed by atoms with van der Waals surface area (Å²) in [5.74, 6) is 4.03. The summed E-state index contributed by atoms with van der Waals surface area (Å²) in [6.45, 7) is 4.55. The molecule has 1 aliphatic rings. The van der Waals surface area contributed by atoms with Crippen LogP contribution in [0, 0.1) is 12.3 Å². The van der Waals surface area contributed by atoms with Crippen LogP contribution in [-0.4, -0.2) is 54.7 Å². The molecular formula is C13H18N4O. The van der Waals surface area contributed by atoms with Crippen LogP contribution in [-0.2, 0) is 0 Å². The number of methoxy groups -OCH3 is 1. The first kappa shape index (κ1) is 12.7. The van der Waals surface area contributed by atoms with Crippen LogP contribution in [0.5, 0.6) is 5.88 Å². The molecule has 0 spiro atoms. The van der Waals surface area contributed by atoms with Gasteiger partial charge in [0.25, 0.3) is 0 Å². The number of ether oxygens (including phenoxy) is 1. The monoisotopic (exact) mass is 246 g/mol. The predicted molar refractivity (Wildman–Crippen MR) is 70.7 cm³/mol. The lowest BCUT2D eigenvalue weighted by molar-refractivity contribution is 0.330. The maximum absolute atomic E-state index is 5.35. The van der Waals surface area contributed by atoms with Gasteiger partial charge in [0, 0.05) is 38.4 Å². The first-order valence-corrected chi connectivity index (χ1v) is 6.11. The van der Waals surface area contributed by atoms with Gasteiger partial charge in [-0.1, -0.05) is 5.92 Å². The molecule has 0 N–H and O–H groups in total. The van der Waals surface area contributed by atoms with Crippen LogP contribution >= 0.6 is 0 Å². The lowest BCUT2D eigenvalue weighted by Crippen LogP contribution is -2.31. The fraction of sp³-hybridized carbons (Fsp3) is 0.538. The minimum Gasteiger partial charge on any atom is -0.481 e. The molecule has 0 radical (unpaired) electrons. The van der Waals surface area contributed by atoms with Crippen LogP contribution in [0.2, 0.25) is 0 Å². The number of aromatic nitrogens is 2. The molecule has 0 saturated carbocycles. The van der Waals surface area contributed by atoms with Crippen molar-refractivity contribution in [3.63, 3.8) is 0 Å². The van der Waals surface area contributed by atoms with Gasteiger partial charge in [0.15, 0.2) is 0 Å². The van der Waals surface area contributed by atoms with E-state index in [4.69, 9.17) is 11.2 Å². The number of hydrogen-bond donors (Lipinski definition) is 0. The summed E-state index contributed by atoms with van der Waals surface area (Å²) in [6, 6.07) is 1.76. The fourth-order valence-corrected chi connectivity index (χ4v) is 2.06. The quantitative estimate of drug-likeness (QED) is 0.732. The van der Waals surface area contributed by atoms with Crippen LogP contribution in [0.15, 0.2) is 12.3 Å². The van der Waals surface area contributed by atoms with Gasteiger partial charge in [0.2, 0.25) is 11.8 Å². The molecule has 2 heterocycles. The van der Waals surface area contributed by atoms with Gasteiger partial charge in [-0.3, -0.25) is 4.90 Å². The van der Waals surface area contributed by atoms with Crippen molar-refractivity contribution >= 4 is 5.95 Å². The normalized spacial score (nSPS) is 17.0. The molecule has 1 saturated heterocycles. The molecule has 2 rings (SSSR count). The third kappa shape index (κ3) is 3.11. The van der Waals surface area contributed by atoms with Crippen molar-refractivity contribution < 1.29 is 4.74 Å². The van der Waals surface area contributed by atoms with Crippen molar-refractivity contribution in [1.82, 2.24) is 14.9 Å². The van der Waals surface area contributed by atoms with Gasteiger partial charge >= 0.3 is 0 Å². The predicted octanol–water partition coefficient (Wildman–Crippen LogP) is 0.630. The van der Waals surface area contributed by atoms with Crippen molar-refractivity contribution in [3.8, 4) is 18.2 Å². The number of nitrogens with zero attached hydrogens (tertiary/aromatic N) is 4. The van der Waals surface area contributed by atoms with E-state index in [9.17, 15) is 0 Å². The van der Waals surface area contributed by atoms with Crippen LogP contribution in [0.1, 0.15) is 6.42 Å². The Morgan fingerprint density at radius 3 is 3.06 bits per heavy atom. The van der Waals surface area contributed by atoms with Crippen LogP contribution in [0.25, 0.3) is 0 Å². The van der Waals surface area contributed by atoms with E-state index in [0.29, 0.717) is 12.4 Å². The second-order valence-corrected chi connectivity index (χ2v) is 4.22. The topological polar surface area (TPSA) is 41.5 Å². The zero-order valence-corrected chi connectivity index (χ0v) is 10.7. The second-order valence-electron chi connectivity index (χ2n) is 4.22. The van der Waals surface area contributed by atoms with Crippen molar-refractivity contribution in [2.45, 2.75) is 6.42 Å². The van der Waals surface area contributed by atoms with Crippen molar-refractivity contribution in [2.24, 2.45) is 0 Å². The maximum atomic E-state index is 5.35. The van der Waals surface area contributed by atoms with E-state index in [1.54, 1.807) is 19.4 Å². The number of hydrogen-bond acceptors (Lipinski definition) is 5. The average molecular weight is 246 g/mol. The highest BCUT2D eigenvalue weighted by molar-refractivity contribution is 5.32. The largest absolute Gasteiger partial charge is 0.481 e. The first-order valence-electron chi connectivity index (χ1n) is 6.11. The lowest BCUT2D eigenvalue weighted by Gasteiger charge is -2.20. The van der Waals surface area contributed by atoms with E-state index >= 15 is 0 Å². The van der Waals surface area contributed by atoms with Crippen LogP contribution in [0.3, 0.4) is 0 Å². The summed E-state index contributed by atoms with van der Waals surface area (Å²) in [4.78, 5) is 13.1. The third-order valence-corrected chi connectivity index (χ3v) is 3.01. The van der Waals surface area contributed by atoms with Gasteiger partial charge < -0.3 is 9.64 Å². The molecule has 1 fully saturated rings. The van der Waals surface area contributed by atoms with Gasteiger partial charge in [-0.2, -0.15) is 4.98 Å².